The van der Waals surface area contributed by atoms with Crippen LogP contribution in [0.15, 0.2) is 36.4 Å². The Morgan fingerprint density at radius 2 is 1.92 bits per heavy atom. The SMILES string of the molecule is CCN(CC)CCOc1cc(C)c2c(n1)N(c1ccccc1)CC2. The van der Waals surface area contributed by atoms with Gasteiger partial charge in [0.15, 0.2) is 0 Å². The van der Waals surface area contributed by atoms with Crippen LogP contribution in [0.5, 0.6) is 5.88 Å². The number of pyridine rings is 1. The highest BCUT2D eigenvalue weighted by atomic mass is 16.5. The van der Waals surface area contributed by atoms with Gasteiger partial charge in [0.1, 0.15) is 12.4 Å². The Balaban J connectivity index is 1.76. The van der Waals surface area contributed by atoms with Gasteiger partial charge in [-0.25, -0.2) is 0 Å². The first kappa shape index (κ1) is 16.8. The van der Waals surface area contributed by atoms with Crippen LogP contribution in [0, 0.1) is 6.92 Å². The van der Waals surface area contributed by atoms with Crippen molar-refractivity contribution >= 4 is 11.5 Å². The first-order chi connectivity index (χ1) is 11.7. The van der Waals surface area contributed by atoms with E-state index in [1.165, 1.54) is 16.8 Å². The maximum Gasteiger partial charge on any atom is 0.215 e. The molecule has 1 aliphatic rings. The third kappa shape index (κ3) is 3.54. The molecule has 4 heteroatoms. The Labute approximate surface area is 145 Å². The predicted octanol–water partition coefficient (Wildman–Crippen LogP) is 3.80. The molecule has 1 aromatic carbocycles. The second-order valence-electron chi connectivity index (χ2n) is 6.19. The van der Waals surface area contributed by atoms with E-state index in [0.29, 0.717) is 6.61 Å². The van der Waals surface area contributed by atoms with Crippen molar-refractivity contribution in [3.63, 3.8) is 0 Å². The third-order valence-corrected chi connectivity index (χ3v) is 4.76. The van der Waals surface area contributed by atoms with Crippen molar-refractivity contribution in [2.75, 3.05) is 37.7 Å². The fourth-order valence-electron chi connectivity index (χ4n) is 3.27. The van der Waals surface area contributed by atoms with Gasteiger partial charge in [0.05, 0.1) is 0 Å². The maximum absolute atomic E-state index is 5.95. The van der Waals surface area contributed by atoms with Crippen LogP contribution < -0.4 is 9.64 Å². The van der Waals surface area contributed by atoms with Crippen LogP contribution in [-0.2, 0) is 6.42 Å². The van der Waals surface area contributed by atoms with E-state index >= 15 is 0 Å². The Bertz CT molecular complexity index is 668. The van der Waals surface area contributed by atoms with Gasteiger partial charge < -0.3 is 14.5 Å². The Kier molecular flexibility index (Phi) is 5.36. The Morgan fingerprint density at radius 1 is 1.17 bits per heavy atom. The quantitative estimate of drug-likeness (QED) is 0.774. The first-order valence-corrected chi connectivity index (χ1v) is 8.91. The lowest BCUT2D eigenvalue weighted by Gasteiger charge is -2.20. The number of rotatable bonds is 7. The standard InChI is InChI=1S/C20H27N3O/c1-4-22(5-2)13-14-24-19-15-16(3)18-11-12-23(20(18)21-19)17-9-7-6-8-10-17/h6-10,15H,4-5,11-14H2,1-3H3. The molecule has 1 aromatic heterocycles. The normalized spacial score (nSPS) is 13.4. The lowest BCUT2D eigenvalue weighted by Crippen LogP contribution is -2.28. The number of fused-ring (bicyclic) bond motifs is 1. The number of benzene rings is 1. The molecule has 0 aliphatic carbocycles. The number of likely N-dealkylation sites (N-methyl/N-ethyl adjacent to an activating group) is 1. The number of hydrogen-bond donors (Lipinski definition) is 0. The number of ether oxygens (including phenoxy) is 1. The minimum absolute atomic E-state index is 0.679. The van der Waals surface area contributed by atoms with Gasteiger partial charge in [0, 0.05) is 30.4 Å². The second-order valence-corrected chi connectivity index (χ2v) is 6.19. The minimum Gasteiger partial charge on any atom is -0.476 e. The highest BCUT2D eigenvalue weighted by molar-refractivity contribution is 5.68. The van der Waals surface area contributed by atoms with E-state index in [1.54, 1.807) is 0 Å². The van der Waals surface area contributed by atoms with Gasteiger partial charge in [0.25, 0.3) is 0 Å². The number of aryl methyl sites for hydroxylation is 1. The van der Waals surface area contributed by atoms with Crippen molar-refractivity contribution in [2.45, 2.75) is 27.2 Å². The summed E-state index contributed by atoms with van der Waals surface area (Å²) in [6, 6.07) is 12.6. The van der Waals surface area contributed by atoms with Crippen LogP contribution in [0.3, 0.4) is 0 Å². The minimum atomic E-state index is 0.679. The number of aromatic nitrogens is 1. The van der Waals surface area contributed by atoms with E-state index in [4.69, 9.17) is 9.72 Å². The average molecular weight is 325 g/mol. The molecule has 0 atom stereocenters. The maximum atomic E-state index is 5.95. The first-order valence-electron chi connectivity index (χ1n) is 8.91. The highest BCUT2D eigenvalue weighted by Crippen LogP contribution is 2.36. The molecule has 4 nitrogen and oxygen atoms in total. The fraction of sp³-hybridized carbons (Fsp3) is 0.450. The van der Waals surface area contributed by atoms with Crippen LogP contribution in [0.25, 0.3) is 0 Å². The summed E-state index contributed by atoms with van der Waals surface area (Å²) in [4.78, 5) is 9.45. The van der Waals surface area contributed by atoms with E-state index < -0.39 is 0 Å². The molecule has 0 bridgehead atoms. The monoisotopic (exact) mass is 325 g/mol. The molecule has 0 saturated carbocycles. The lowest BCUT2D eigenvalue weighted by molar-refractivity contribution is 0.218. The average Bonchev–Trinajstić information content (AvgIpc) is 3.04. The van der Waals surface area contributed by atoms with Crippen molar-refractivity contribution in [1.82, 2.24) is 9.88 Å². The molecular weight excluding hydrogens is 298 g/mol. The number of nitrogens with zero attached hydrogens (tertiary/aromatic N) is 3. The molecule has 0 amide bonds. The molecule has 128 valence electrons. The van der Waals surface area contributed by atoms with Crippen LogP contribution >= 0.6 is 0 Å². The smallest absolute Gasteiger partial charge is 0.215 e. The van der Waals surface area contributed by atoms with Gasteiger partial charge in [0.2, 0.25) is 5.88 Å². The van der Waals surface area contributed by atoms with Crippen molar-refractivity contribution in [2.24, 2.45) is 0 Å². The molecule has 0 N–H and O–H groups in total. The third-order valence-electron chi connectivity index (χ3n) is 4.76. The molecule has 2 heterocycles. The van der Waals surface area contributed by atoms with E-state index in [-0.39, 0.29) is 0 Å². The number of hydrogen-bond acceptors (Lipinski definition) is 4. The van der Waals surface area contributed by atoms with E-state index in [1.807, 2.05) is 6.07 Å². The van der Waals surface area contributed by atoms with Gasteiger partial charge >= 0.3 is 0 Å². The summed E-state index contributed by atoms with van der Waals surface area (Å²) in [7, 11) is 0. The Hall–Kier alpha value is -2.07. The summed E-state index contributed by atoms with van der Waals surface area (Å²) in [5.74, 6) is 1.79. The summed E-state index contributed by atoms with van der Waals surface area (Å²) < 4.78 is 5.95. The molecule has 3 rings (SSSR count). The largest absolute Gasteiger partial charge is 0.476 e. The summed E-state index contributed by atoms with van der Waals surface area (Å²) >= 11 is 0. The predicted molar refractivity (Wildman–Crippen MR) is 99.4 cm³/mol. The highest BCUT2D eigenvalue weighted by Gasteiger charge is 2.24. The molecule has 1 aliphatic heterocycles. The van der Waals surface area contributed by atoms with Crippen molar-refractivity contribution in [1.29, 1.82) is 0 Å². The number of anilines is 2. The van der Waals surface area contributed by atoms with Crippen LogP contribution in [0.1, 0.15) is 25.0 Å². The molecule has 2 aromatic rings. The van der Waals surface area contributed by atoms with Crippen LogP contribution in [-0.4, -0.2) is 42.7 Å². The van der Waals surface area contributed by atoms with Gasteiger partial charge in [-0.1, -0.05) is 32.0 Å². The molecule has 0 spiro atoms. The van der Waals surface area contributed by atoms with Crippen molar-refractivity contribution in [3.8, 4) is 5.88 Å². The molecule has 0 fully saturated rings. The van der Waals surface area contributed by atoms with Crippen molar-refractivity contribution in [3.05, 3.63) is 47.5 Å². The zero-order valence-corrected chi connectivity index (χ0v) is 15.0. The lowest BCUT2D eigenvalue weighted by atomic mass is 10.1. The van der Waals surface area contributed by atoms with Crippen molar-refractivity contribution < 1.29 is 4.74 Å². The second kappa shape index (κ2) is 7.67. The Morgan fingerprint density at radius 3 is 2.62 bits per heavy atom. The fourth-order valence-corrected chi connectivity index (χ4v) is 3.27. The van der Waals surface area contributed by atoms with E-state index in [9.17, 15) is 0 Å². The zero-order valence-electron chi connectivity index (χ0n) is 15.0. The van der Waals surface area contributed by atoms with Gasteiger partial charge in [-0.2, -0.15) is 4.98 Å². The summed E-state index contributed by atoms with van der Waals surface area (Å²) in [5, 5.41) is 0. The number of para-hydroxylation sites is 1. The molecule has 0 radical (unpaired) electrons. The molecule has 0 saturated heterocycles. The van der Waals surface area contributed by atoms with Crippen LogP contribution in [0.4, 0.5) is 11.5 Å². The van der Waals surface area contributed by atoms with E-state index in [2.05, 4.69) is 60.9 Å². The molecule has 0 unspecified atom stereocenters. The van der Waals surface area contributed by atoms with Gasteiger partial charge in [-0.05, 0) is 44.1 Å². The summed E-state index contributed by atoms with van der Waals surface area (Å²) in [6.07, 6.45) is 1.04. The van der Waals surface area contributed by atoms with Gasteiger partial charge in [-0.15, -0.1) is 0 Å². The van der Waals surface area contributed by atoms with E-state index in [0.717, 1.165) is 44.3 Å². The van der Waals surface area contributed by atoms with Gasteiger partial charge in [-0.3, -0.25) is 0 Å². The van der Waals surface area contributed by atoms with Crippen LogP contribution in [0.2, 0.25) is 0 Å². The molecule has 24 heavy (non-hydrogen) atoms. The summed E-state index contributed by atoms with van der Waals surface area (Å²) in [6.45, 7) is 11.2. The summed E-state index contributed by atoms with van der Waals surface area (Å²) in [5.41, 5.74) is 3.81. The zero-order chi connectivity index (χ0) is 16.9. The molecular formula is C20H27N3O. The topological polar surface area (TPSA) is 28.6 Å².